The zero-order chi connectivity index (χ0) is 20.2. The minimum atomic E-state index is -0.147. The van der Waals surface area contributed by atoms with Gasteiger partial charge in [-0.2, -0.15) is 0 Å². The summed E-state index contributed by atoms with van der Waals surface area (Å²) < 4.78 is 17.8. The number of rotatable bonds is 5. The monoisotopic (exact) mass is 393 g/mol. The lowest BCUT2D eigenvalue weighted by atomic mass is 10.0. The van der Waals surface area contributed by atoms with Crippen molar-refractivity contribution in [2.45, 2.75) is 32.5 Å². The van der Waals surface area contributed by atoms with Crippen molar-refractivity contribution < 1.29 is 19.0 Å². The van der Waals surface area contributed by atoms with Crippen LogP contribution in [0.5, 0.6) is 11.5 Å². The van der Waals surface area contributed by atoms with Crippen molar-refractivity contribution in [1.29, 1.82) is 0 Å². The fraction of sp³-hybridized carbons (Fsp3) is 0.375. The van der Waals surface area contributed by atoms with Gasteiger partial charge in [-0.15, -0.1) is 0 Å². The Morgan fingerprint density at radius 1 is 1.14 bits per heavy atom. The first-order valence-corrected chi connectivity index (χ1v) is 10.2. The molecule has 2 unspecified atom stereocenters. The second-order valence-corrected chi connectivity index (χ2v) is 7.55. The van der Waals surface area contributed by atoms with E-state index in [2.05, 4.69) is 18.2 Å². The maximum absolute atomic E-state index is 12.5. The number of hydrogen-bond donors (Lipinski definition) is 0. The SMILES string of the molecule is C/C(=C\C(=O)N1CCOCC1)C1Cc2cccc(OC(C)c3ccccc3)c2O1. The lowest BCUT2D eigenvalue weighted by Gasteiger charge is -2.26. The summed E-state index contributed by atoms with van der Waals surface area (Å²) in [5.41, 5.74) is 3.16. The standard InChI is InChI=1S/C24H27NO4/c1-17(15-23(26)25-11-13-27-14-12-25)22-16-20-9-6-10-21(24(20)29-22)28-18(2)19-7-4-3-5-8-19/h3-10,15,18,22H,11-14,16H2,1-2H3/b17-15+. The molecule has 2 aromatic carbocycles. The molecule has 0 saturated carbocycles. The molecule has 0 bridgehead atoms. The van der Waals surface area contributed by atoms with Crippen LogP contribution in [0.25, 0.3) is 0 Å². The largest absolute Gasteiger partial charge is 0.482 e. The number of morpholine rings is 1. The molecule has 0 aliphatic carbocycles. The summed E-state index contributed by atoms with van der Waals surface area (Å²) in [4.78, 5) is 14.3. The number of ether oxygens (including phenoxy) is 3. The highest BCUT2D eigenvalue weighted by Gasteiger charge is 2.28. The molecule has 152 valence electrons. The molecule has 2 heterocycles. The molecule has 0 N–H and O–H groups in total. The van der Waals surface area contributed by atoms with Gasteiger partial charge in [-0.3, -0.25) is 4.79 Å². The number of carbonyl (C=O) groups is 1. The predicted octanol–water partition coefficient (Wildman–Crippen LogP) is 3.94. The molecule has 5 heteroatoms. The van der Waals surface area contributed by atoms with Gasteiger partial charge in [0, 0.05) is 31.1 Å². The third kappa shape index (κ3) is 4.46. The van der Waals surface area contributed by atoms with Gasteiger partial charge in [-0.25, -0.2) is 0 Å². The van der Waals surface area contributed by atoms with E-state index in [0.717, 1.165) is 34.6 Å². The van der Waals surface area contributed by atoms with Gasteiger partial charge in [-0.1, -0.05) is 42.5 Å². The number of benzene rings is 2. The van der Waals surface area contributed by atoms with E-state index in [1.165, 1.54) is 0 Å². The van der Waals surface area contributed by atoms with Crippen LogP contribution in [0.4, 0.5) is 0 Å². The lowest BCUT2D eigenvalue weighted by molar-refractivity contribution is -0.130. The summed E-state index contributed by atoms with van der Waals surface area (Å²) in [7, 11) is 0. The first-order valence-electron chi connectivity index (χ1n) is 10.2. The molecule has 2 aromatic rings. The van der Waals surface area contributed by atoms with Crippen LogP contribution in [0.1, 0.15) is 31.1 Å². The normalized spacial score (nSPS) is 20.0. The highest BCUT2D eigenvalue weighted by Crippen LogP contribution is 2.41. The second-order valence-electron chi connectivity index (χ2n) is 7.55. The average molecular weight is 393 g/mol. The third-order valence-electron chi connectivity index (χ3n) is 5.48. The molecule has 5 nitrogen and oxygen atoms in total. The maximum Gasteiger partial charge on any atom is 0.246 e. The van der Waals surface area contributed by atoms with Crippen LogP contribution in [-0.4, -0.2) is 43.2 Å². The van der Waals surface area contributed by atoms with Crippen LogP contribution in [0.2, 0.25) is 0 Å². The molecule has 0 aromatic heterocycles. The number of para-hydroxylation sites is 1. The molecule has 0 spiro atoms. The van der Waals surface area contributed by atoms with Crippen LogP contribution in [0.3, 0.4) is 0 Å². The zero-order valence-corrected chi connectivity index (χ0v) is 17.0. The summed E-state index contributed by atoms with van der Waals surface area (Å²) in [5, 5.41) is 0. The minimum Gasteiger partial charge on any atom is -0.482 e. The fourth-order valence-corrected chi connectivity index (χ4v) is 3.73. The van der Waals surface area contributed by atoms with Gasteiger partial charge >= 0.3 is 0 Å². The average Bonchev–Trinajstić information content (AvgIpc) is 3.20. The van der Waals surface area contributed by atoms with E-state index in [9.17, 15) is 4.79 Å². The molecule has 2 aliphatic heterocycles. The van der Waals surface area contributed by atoms with E-state index in [-0.39, 0.29) is 18.1 Å². The van der Waals surface area contributed by atoms with Gasteiger partial charge in [0.2, 0.25) is 5.91 Å². The van der Waals surface area contributed by atoms with Gasteiger partial charge in [0.15, 0.2) is 11.5 Å². The Kier molecular flexibility index (Phi) is 5.86. The predicted molar refractivity (Wildman–Crippen MR) is 111 cm³/mol. The van der Waals surface area contributed by atoms with Gasteiger partial charge < -0.3 is 19.1 Å². The Labute approximate surface area is 171 Å². The summed E-state index contributed by atoms with van der Waals surface area (Å²) in [5.74, 6) is 1.56. The topological polar surface area (TPSA) is 48.0 Å². The van der Waals surface area contributed by atoms with Crippen LogP contribution < -0.4 is 9.47 Å². The van der Waals surface area contributed by atoms with Crippen molar-refractivity contribution in [1.82, 2.24) is 4.90 Å². The molecular formula is C24H27NO4. The molecule has 2 atom stereocenters. The highest BCUT2D eigenvalue weighted by molar-refractivity contribution is 5.88. The maximum atomic E-state index is 12.5. The Bertz CT molecular complexity index is 887. The van der Waals surface area contributed by atoms with Crippen molar-refractivity contribution in [3.8, 4) is 11.5 Å². The van der Waals surface area contributed by atoms with Gasteiger partial charge in [-0.05, 0) is 31.1 Å². The molecule has 29 heavy (non-hydrogen) atoms. The van der Waals surface area contributed by atoms with Crippen molar-refractivity contribution in [3.05, 3.63) is 71.3 Å². The molecule has 1 fully saturated rings. The molecule has 4 rings (SSSR count). The van der Waals surface area contributed by atoms with Crippen LogP contribution >= 0.6 is 0 Å². The molecule has 1 saturated heterocycles. The van der Waals surface area contributed by atoms with Gasteiger partial charge in [0.25, 0.3) is 0 Å². The Morgan fingerprint density at radius 3 is 2.66 bits per heavy atom. The van der Waals surface area contributed by atoms with Crippen LogP contribution in [0.15, 0.2) is 60.2 Å². The Hall–Kier alpha value is -2.79. The first-order chi connectivity index (χ1) is 14.1. The van der Waals surface area contributed by atoms with Gasteiger partial charge in [0.1, 0.15) is 12.2 Å². The van der Waals surface area contributed by atoms with Gasteiger partial charge in [0.05, 0.1) is 13.2 Å². The van der Waals surface area contributed by atoms with E-state index < -0.39 is 0 Å². The Morgan fingerprint density at radius 2 is 1.90 bits per heavy atom. The van der Waals surface area contributed by atoms with E-state index in [0.29, 0.717) is 26.3 Å². The highest BCUT2D eigenvalue weighted by atomic mass is 16.5. The summed E-state index contributed by atoms with van der Waals surface area (Å²) in [6, 6.07) is 16.1. The number of nitrogens with zero attached hydrogens (tertiary/aromatic N) is 1. The quantitative estimate of drug-likeness (QED) is 0.722. The number of carbonyl (C=O) groups excluding carboxylic acids is 1. The fourth-order valence-electron chi connectivity index (χ4n) is 3.73. The van der Waals surface area contributed by atoms with E-state index in [1.807, 2.05) is 49.1 Å². The summed E-state index contributed by atoms with van der Waals surface area (Å²) in [6.07, 6.45) is 2.22. The number of hydrogen-bond acceptors (Lipinski definition) is 4. The van der Waals surface area contributed by atoms with Crippen LogP contribution in [-0.2, 0) is 16.0 Å². The van der Waals surface area contributed by atoms with Crippen LogP contribution in [0, 0.1) is 0 Å². The van der Waals surface area contributed by atoms with E-state index in [1.54, 1.807) is 6.08 Å². The minimum absolute atomic E-state index is 0.0273. The molecule has 1 amide bonds. The number of fused-ring (bicyclic) bond motifs is 1. The summed E-state index contributed by atoms with van der Waals surface area (Å²) >= 11 is 0. The van der Waals surface area contributed by atoms with Crippen molar-refractivity contribution in [2.24, 2.45) is 0 Å². The first kappa shape index (κ1) is 19.5. The van der Waals surface area contributed by atoms with E-state index in [4.69, 9.17) is 14.2 Å². The van der Waals surface area contributed by atoms with E-state index >= 15 is 0 Å². The molecule has 0 radical (unpaired) electrons. The van der Waals surface area contributed by atoms with Crippen molar-refractivity contribution in [2.75, 3.05) is 26.3 Å². The second kappa shape index (κ2) is 8.70. The lowest BCUT2D eigenvalue weighted by Crippen LogP contribution is -2.40. The molecule has 2 aliphatic rings. The Balaban J connectivity index is 1.46. The third-order valence-corrected chi connectivity index (χ3v) is 5.48. The zero-order valence-electron chi connectivity index (χ0n) is 17.0. The molecular weight excluding hydrogens is 366 g/mol. The van der Waals surface area contributed by atoms with Crippen molar-refractivity contribution >= 4 is 5.91 Å². The smallest absolute Gasteiger partial charge is 0.246 e. The van der Waals surface area contributed by atoms with Crippen molar-refractivity contribution in [3.63, 3.8) is 0 Å². The number of amides is 1. The summed E-state index contributed by atoms with van der Waals surface area (Å²) in [6.45, 7) is 6.48.